The van der Waals surface area contributed by atoms with Crippen molar-refractivity contribution in [1.29, 1.82) is 0 Å². The fourth-order valence-electron chi connectivity index (χ4n) is 1.42. The summed E-state index contributed by atoms with van der Waals surface area (Å²) in [6.45, 7) is 66.7. The Labute approximate surface area is 374 Å². The maximum atomic E-state index is 12.8. The maximum absolute atomic E-state index is 12.8. The molecule has 0 nitrogen and oxygen atoms in total. The van der Waals surface area contributed by atoms with Gasteiger partial charge < -0.3 is 8.22 Å². The summed E-state index contributed by atoms with van der Waals surface area (Å²) in [4.78, 5) is 0. The van der Waals surface area contributed by atoms with Gasteiger partial charge in [0.1, 0.15) is 8.07 Å². The van der Waals surface area contributed by atoms with Crippen LogP contribution in [0.25, 0.3) is 0 Å². The zero-order chi connectivity index (χ0) is 50.1. The van der Waals surface area contributed by atoms with Gasteiger partial charge in [-0.15, -0.1) is 135 Å². The average molecular weight is 968 g/mol. The molecule has 0 aliphatic carbocycles. The van der Waals surface area contributed by atoms with Crippen LogP contribution >= 0.6 is 0 Å². The van der Waals surface area contributed by atoms with E-state index in [4.69, 9.17) is 19.3 Å². The number of hydrogen-bond acceptors (Lipinski definition) is 0. The van der Waals surface area contributed by atoms with Crippen LogP contribution in [-0.2, 0) is 0 Å². The van der Waals surface area contributed by atoms with Crippen molar-refractivity contribution in [1.82, 2.24) is 0 Å². The molecule has 0 saturated carbocycles. The van der Waals surface area contributed by atoms with Gasteiger partial charge in [-0.2, -0.15) is 0 Å². The van der Waals surface area contributed by atoms with Gasteiger partial charge in [0.2, 0.25) is 0 Å². The molecule has 334 valence electrons. The zero-order valence-corrected chi connectivity index (χ0v) is 46.2. The highest BCUT2D eigenvalue weighted by molar-refractivity contribution is 6.92. The number of halogens is 6. The Balaban J connectivity index is -0.0000000859. The SMILES string of the molecule is C#CC[Si](C)(C)C=C.C#CC[Si](C)(F)C=C.C#C[Si](C)(F)C=C.C=C[Si](C)(C)C=C.C=C[Si](C)(C=C)C=C.C=C[Si](C)(F)C=C.C=C[Si](F)(C=C)C=C.C=C[Si](F)(F)C=C. The van der Waals surface area contributed by atoms with E-state index in [1.54, 1.807) is 6.55 Å². The fourth-order valence-corrected chi connectivity index (χ4v) is 4.25. The molecule has 60 heavy (non-hydrogen) atoms. The molecule has 2 atom stereocenters. The molecule has 0 rings (SSSR count). The smallest absolute Gasteiger partial charge is 0.308 e. The molecule has 2 unspecified atom stereocenters. The van der Waals surface area contributed by atoms with Crippen molar-refractivity contribution in [3.8, 4) is 36.7 Å². The van der Waals surface area contributed by atoms with Crippen molar-refractivity contribution in [3.05, 3.63) is 184 Å². The minimum atomic E-state index is -4.12. The second-order valence-corrected chi connectivity index (χ2v) is 41.6. The number of terminal acetylenes is 3. The molecule has 0 bridgehead atoms. The summed E-state index contributed by atoms with van der Waals surface area (Å²) >= 11 is 0. The molecule has 0 N–H and O–H groups in total. The van der Waals surface area contributed by atoms with Crippen LogP contribution in [0.15, 0.2) is 184 Å². The van der Waals surface area contributed by atoms with E-state index in [0.717, 1.165) is 6.04 Å². The molecule has 0 radical (unpaired) electrons. The molecule has 0 amide bonds. The highest BCUT2D eigenvalue weighted by Gasteiger charge is 2.25. The van der Waals surface area contributed by atoms with Crippen LogP contribution in [0.5, 0.6) is 0 Å². The lowest BCUT2D eigenvalue weighted by Gasteiger charge is -2.10. The molecule has 0 aromatic heterocycles. The monoisotopic (exact) mass is 966 g/mol. The summed E-state index contributed by atoms with van der Waals surface area (Å²) in [6.07, 6.45) is 14.8. The number of rotatable bonds is 17. The van der Waals surface area contributed by atoms with E-state index in [0.29, 0.717) is 11.4 Å². The first-order valence-electron chi connectivity index (χ1n) is 18.1. The fraction of sp³-hybridized carbons (Fsp3) is 0.217. The summed E-state index contributed by atoms with van der Waals surface area (Å²) < 4.78 is 73.8. The topological polar surface area (TPSA) is 0 Å². The zero-order valence-electron chi connectivity index (χ0n) is 38.2. The first-order chi connectivity index (χ1) is 27.1. The molecule has 0 heterocycles. The molecule has 0 aliphatic rings. The Hall–Kier alpha value is -3.90. The Kier molecular flexibility index (Phi) is 48.1. The Morgan fingerprint density at radius 3 is 0.767 bits per heavy atom. The van der Waals surface area contributed by atoms with E-state index < -0.39 is 66.6 Å². The van der Waals surface area contributed by atoms with Crippen LogP contribution < -0.4 is 0 Å². The van der Waals surface area contributed by atoms with E-state index >= 15 is 0 Å². The van der Waals surface area contributed by atoms with Crippen LogP contribution in [-0.4, -0.2) is 66.6 Å². The summed E-state index contributed by atoms with van der Waals surface area (Å²) in [6, 6.07) is 1.16. The highest BCUT2D eigenvalue weighted by Crippen LogP contribution is 2.10. The average Bonchev–Trinajstić information content (AvgIpc) is 3.24. The van der Waals surface area contributed by atoms with Gasteiger partial charge in [-0.25, -0.2) is 0 Å². The largest absolute Gasteiger partial charge is 0.472 e. The van der Waals surface area contributed by atoms with Gasteiger partial charge in [0.25, 0.3) is 16.8 Å². The third-order valence-corrected chi connectivity index (χ3v) is 21.9. The minimum Gasteiger partial charge on any atom is -0.308 e. The van der Waals surface area contributed by atoms with Gasteiger partial charge in [-0.3, -0.25) is 16.4 Å². The Bertz CT molecular complexity index is 1320. The van der Waals surface area contributed by atoms with Crippen LogP contribution in [0, 0.1) is 36.7 Å². The lowest BCUT2D eigenvalue weighted by Crippen LogP contribution is -2.20. The lowest BCUT2D eigenvalue weighted by atomic mass is 10.8. The molecule has 0 aromatic rings. The van der Waals surface area contributed by atoms with Gasteiger partial charge in [-0.05, 0) is 31.0 Å². The molecule has 0 aromatic carbocycles. The third-order valence-electron chi connectivity index (χ3n) is 7.30. The van der Waals surface area contributed by atoms with Crippen LogP contribution in [0.2, 0.25) is 64.5 Å². The molecule has 0 aliphatic heterocycles. The predicted octanol–water partition coefficient (Wildman–Crippen LogP) is 15.6. The third kappa shape index (κ3) is 56.2. The molecule has 14 heteroatoms. The van der Waals surface area contributed by atoms with Gasteiger partial charge in [0.15, 0.2) is 0 Å². The van der Waals surface area contributed by atoms with Crippen molar-refractivity contribution in [3.63, 3.8) is 0 Å². The summed E-state index contributed by atoms with van der Waals surface area (Å²) in [5.41, 5.74) is 24.4. The van der Waals surface area contributed by atoms with E-state index in [1.165, 1.54) is 53.0 Å². The standard InChI is InChI=1S/2C7H12Si.2C6H9FSi.C6H12Si.C5H9FSi.C5H7FSi.C4H6F2Si/c1-5-7-8(3,4)6-2;1-5-8(4,6-2)7-3;1-4-6-8(3,7)5-2;1-4-8(7,5-2)6-3;1-5-7(3,4)6-2;2*1-4-7(3,6)5-2;1-3-7(5,6)4-2/h1,6H,2,7H2,3-4H3;5-7H,1-3H2,4H3;1,5H,2,6H2,3H3;4-6H,1-3H2;5-6H,1-2H2,3-4H3;4-5H,1-2H2,3H3;1,5H,2H2,3H3;3-4H,1-2H2. The molecular weight excluding hydrogens is 891 g/mol. The van der Waals surface area contributed by atoms with E-state index in [2.05, 4.69) is 143 Å². The molecule has 0 fully saturated rings. The van der Waals surface area contributed by atoms with E-state index in [1.807, 2.05) is 39.7 Å². The van der Waals surface area contributed by atoms with Crippen LogP contribution in [0.1, 0.15) is 0 Å². The van der Waals surface area contributed by atoms with Crippen molar-refractivity contribution in [2.75, 3.05) is 0 Å². The van der Waals surface area contributed by atoms with E-state index in [9.17, 15) is 24.6 Å². The van der Waals surface area contributed by atoms with Crippen molar-refractivity contribution in [2.45, 2.75) is 64.5 Å². The normalized spacial score (nSPS) is 11.8. The van der Waals surface area contributed by atoms with Crippen LogP contribution in [0.3, 0.4) is 0 Å². The highest BCUT2D eigenvalue weighted by atomic mass is 28.4. The second-order valence-electron chi connectivity index (χ2n) is 14.2. The predicted molar refractivity (Wildman–Crippen MR) is 289 cm³/mol. The van der Waals surface area contributed by atoms with Gasteiger partial charge >= 0.3 is 25.6 Å². The van der Waals surface area contributed by atoms with Gasteiger partial charge in [0.05, 0.1) is 16.1 Å². The van der Waals surface area contributed by atoms with Crippen molar-refractivity contribution >= 4 is 66.6 Å². The Morgan fingerprint density at radius 2 is 0.733 bits per heavy atom. The first-order valence-corrected chi connectivity index (χ1v) is 39.0. The van der Waals surface area contributed by atoms with Crippen molar-refractivity contribution in [2.24, 2.45) is 0 Å². The van der Waals surface area contributed by atoms with Crippen molar-refractivity contribution < 1.29 is 24.6 Å². The number of hydrogen-bond donors (Lipinski definition) is 0. The first kappa shape index (κ1) is 73.6. The molecular formula is C46H76F6Si8. The second kappa shape index (κ2) is 39.2. The molecule has 0 spiro atoms. The van der Waals surface area contributed by atoms with Gasteiger partial charge in [0, 0.05) is 12.1 Å². The lowest BCUT2D eigenvalue weighted by molar-refractivity contribution is 0.651. The Morgan fingerprint density at radius 1 is 0.400 bits per heavy atom. The summed E-state index contributed by atoms with van der Waals surface area (Å²) in [5.74, 6) is 4.92. The maximum Gasteiger partial charge on any atom is 0.472 e. The summed E-state index contributed by atoms with van der Waals surface area (Å²) in [5, 5.41) is 0. The van der Waals surface area contributed by atoms with Gasteiger partial charge in [-0.1, -0.05) is 107 Å². The summed E-state index contributed by atoms with van der Waals surface area (Å²) in [7, 11) is -18.8. The van der Waals surface area contributed by atoms with E-state index in [-0.39, 0.29) is 6.04 Å². The quantitative estimate of drug-likeness (QED) is 0.0590. The minimum absolute atomic E-state index is 0.247. The van der Waals surface area contributed by atoms with Crippen LogP contribution in [0.4, 0.5) is 24.6 Å². The molecule has 0 saturated heterocycles.